The average Bonchev–Trinajstić information content (AvgIpc) is 2.87. The number of aromatic nitrogens is 2. The maximum atomic E-state index is 13.0. The predicted octanol–water partition coefficient (Wildman–Crippen LogP) is 3.84. The molecule has 1 aromatic carbocycles. The van der Waals surface area contributed by atoms with Crippen LogP contribution in [0.2, 0.25) is 0 Å². The fourth-order valence-electron chi connectivity index (χ4n) is 2.16. The number of fused-ring (bicyclic) bond motifs is 1. The molecule has 3 rings (SSSR count). The Morgan fingerprint density at radius 3 is 2.67 bits per heavy atom. The molecule has 0 atom stereocenters. The van der Waals surface area contributed by atoms with Crippen LogP contribution < -0.4 is 14.8 Å². The largest absolute Gasteiger partial charge is 0.586 e. The molecule has 7 heteroatoms. The molecule has 0 bridgehead atoms. The van der Waals surface area contributed by atoms with Crippen LogP contribution in [0.15, 0.2) is 24.4 Å². The highest BCUT2D eigenvalue weighted by molar-refractivity contribution is 5.61. The van der Waals surface area contributed by atoms with Crippen molar-refractivity contribution in [3.05, 3.63) is 30.1 Å². The van der Waals surface area contributed by atoms with Crippen molar-refractivity contribution in [3.8, 4) is 11.5 Å². The number of nitrogens with one attached hydrogen (secondary N) is 1. The van der Waals surface area contributed by atoms with Gasteiger partial charge in [0.1, 0.15) is 0 Å². The van der Waals surface area contributed by atoms with Crippen LogP contribution in [0.1, 0.15) is 25.6 Å². The quantitative estimate of drug-likeness (QED) is 0.934. The summed E-state index contributed by atoms with van der Waals surface area (Å²) in [4.78, 5) is 4.38. The minimum atomic E-state index is -3.60. The third kappa shape index (κ3) is 2.63. The molecule has 1 aliphatic heterocycles. The first-order valence-electron chi connectivity index (χ1n) is 6.56. The Morgan fingerprint density at radius 1 is 1.24 bits per heavy atom. The number of hydrogen-bond acceptors (Lipinski definition) is 4. The van der Waals surface area contributed by atoms with Crippen LogP contribution in [-0.4, -0.2) is 15.8 Å². The van der Waals surface area contributed by atoms with Crippen molar-refractivity contribution in [2.75, 3.05) is 5.32 Å². The Morgan fingerprint density at radius 2 is 1.95 bits per heavy atom. The van der Waals surface area contributed by atoms with Gasteiger partial charge in [-0.3, -0.25) is 0 Å². The van der Waals surface area contributed by atoms with Gasteiger partial charge < -0.3 is 19.4 Å². The Balaban J connectivity index is 1.87. The second-order valence-electron chi connectivity index (χ2n) is 5.16. The Bertz CT molecular complexity index is 683. The summed E-state index contributed by atoms with van der Waals surface area (Å²) in [5, 5.41) is 3.10. The van der Waals surface area contributed by atoms with Crippen molar-refractivity contribution in [1.82, 2.24) is 9.55 Å². The van der Waals surface area contributed by atoms with E-state index < -0.39 is 6.29 Å². The van der Waals surface area contributed by atoms with Crippen molar-refractivity contribution in [2.24, 2.45) is 0 Å². The smallest absolute Gasteiger partial charge is 0.395 e. The molecule has 21 heavy (non-hydrogen) atoms. The summed E-state index contributed by atoms with van der Waals surface area (Å²) in [6.07, 6.45) is -1.68. The number of alkyl halides is 2. The summed E-state index contributed by atoms with van der Waals surface area (Å²) in [7, 11) is 0. The fourth-order valence-corrected chi connectivity index (χ4v) is 2.16. The van der Waals surface area contributed by atoms with Crippen LogP contribution >= 0.6 is 0 Å². The fraction of sp³-hybridized carbons (Fsp3) is 0.357. The van der Waals surface area contributed by atoms with Gasteiger partial charge in [0.05, 0.1) is 5.69 Å². The highest BCUT2D eigenvalue weighted by Gasteiger charge is 2.43. The number of aryl methyl sites for hydroxylation is 1. The molecule has 0 saturated carbocycles. The zero-order valence-electron chi connectivity index (χ0n) is 11.9. The van der Waals surface area contributed by atoms with Gasteiger partial charge in [0, 0.05) is 24.0 Å². The van der Waals surface area contributed by atoms with Crippen LogP contribution in [-0.2, 0) is 0 Å². The van der Waals surface area contributed by atoms with Crippen LogP contribution in [0.4, 0.5) is 20.4 Å². The molecule has 0 spiro atoms. The number of benzene rings is 1. The van der Waals surface area contributed by atoms with Gasteiger partial charge in [-0.15, -0.1) is 8.78 Å². The van der Waals surface area contributed by atoms with E-state index in [1.54, 1.807) is 6.07 Å². The molecular formula is C14H15F2N3O2. The maximum Gasteiger partial charge on any atom is 0.586 e. The average molecular weight is 295 g/mol. The number of anilines is 2. The zero-order valence-corrected chi connectivity index (χ0v) is 11.9. The lowest BCUT2D eigenvalue weighted by atomic mass is 10.3. The molecule has 2 aromatic rings. The molecule has 1 aliphatic rings. The normalized spacial score (nSPS) is 15.5. The zero-order chi connectivity index (χ0) is 15.2. The standard InChI is InChI=1S/C14H15F2N3O2/c1-8(2)19-7-9(3)17-13(19)18-10-4-5-11-12(6-10)21-14(15,16)20-11/h4-8H,1-3H3,(H,17,18). The summed E-state index contributed by atoms with van der Waals surface area (Å²) in [6, 6.07) is 4.77. The molecule has 0 unspecified atom stereocenters. The number of nitrogens with zero attached hydrogens (tertiary/aromatic N) is 2. The van der Waals surface area contributed by atoms with Gasteiger partial charge in [0.15, 0.2) is 11.5 Å². The molecular weight excluding hydrogens is 280 g/mol. The lowest BCUT2D eigenvalue weighted by molar-refractivity contribution is -0.286. The summed E-state index contributed by atoms with van der Waals surface area (Å²) in [6.45, 7) is 5.96. The van der Waals surface area contributed by atoms with Crippen LogP contribution in [0.3, 0.4) is 0 Å². The summed E-state index contributed by atoms with van der Waals surface area (Å²) >= 11 is 0. The molecule has 0 radical (unpaired) electrons. The first-order chi connectivity index (χ1) is 9.84. The Hall–Kier alpha value is -2.31. The van der Waals surface area contributed by atoms with Crippen molar-refractivity contribution in [1.29, 1.82) is 0 Å². The molecule has 2 heterocycles. The van der Waals surface area contributed by atoms with E-state index in [-0.39, 0.29) is 17.5 Å². The molecule has 0 aliphatic carbocycles. The predicted molar refractivity (Wildman–Crippen MR) is 73.3 cm³/mol. The van der Waals surface area contributed by atoms with Crippen molar-refractivity contribution < 1.29 is 18.3 Å². The first-order valence-corrected chi connectivity index (χ1v) is 6.56. The van der Waals surface area contributed by atoms with Crippen molar-refractivity contribution in [2.45, 2.75) is 33.1 Å². The first kappa shape index (κ1) is 13.7. The second kappa shape index (κ2) is 4.61. The van der Waals surface area contributed by atoms with Gasteiger partial charge in [0.25, 0.3) is 0 Å². The van der Waals surface area contributed by atoms with E-state index in [9.17, 15) is 8.78 Å². The van der Waals surface area contributed by atoms with Crippen LogP contribution in [0, 0.1) is 6.92 Å². The van der Waals surface area contributed by atoms with Crippen LogP contribution in [0.25, 0.3) is 0 Å². The van der Waals surface area contributed by atoms with Crippen molar-refractivity contribution in [3.63, 3.8) is 0 Å². The molecule has 1 aromatic heterocycles. The van der Waals surface area contributed by atoms with Gasteiger partial charge in [0.2, 0.25) is 5.95 Å². The minimum Gasteiger partial charge on any atom is -0.395 e. The van der Waals surface area contributed by atoms with E-state index in [2.05, 4.69) is 19.8 Å². The maximum absolute atomic E-state index is 13.0. The number of ether oxygens (including phenoxy) is 2. The molecule has 0 saturated heterocycles. The summed E-state index contributed by atoms with van der Waals surface area (Å²) < 4.78 is 36.7. The number of halogens is 2. The van der Waals surface area contributed by atoms with Gasteiger partial charge in [-0.05, 0) is 32.9 Å². The van der Waals surface area contributed by atoms with Crippen LogP contribution in [0.5, 0.6) is 11.5 Å². The van der Waals surface area contributed by atoms with E-state index >= 15 is 0 Å². The minimum absolute atomic E-state index is 0.00405. The lowest BCUT2D eigenvalue weighted by Gasteiger charge is -2.12. The summed E-state index contributed by atoms with van der Waals surface area (Å²) in [5.41, 5.74) is 1.47. The van der Waals surface area contributed by atoms with Gasteiger partial charge in [-0.1, -0.05) is 0 Å². The van der Waals surface area contributed by atoms with E-state index in [1.165, 1.54) is 12.1 Å². The number of rotatable bonds is 3. The highest BCUT2D eigenvalue weighted by atomic mass is 19.3. The SMILES string of the molecule is Cc1cn(C(C)C)c(Nc2ccc3c(c2)OC(F)(F)O3)n1. The van der Waals surface area contributed by atoms with Gasteiger partial charge >= 0.3 is 6.29 Å². The topological polar surface area (TPSA) is 48.3 Å². The van der Waals surface area contributed by atoms with E-state index in [0.29, 0.717) is 11.6 Å². The summed E-state index contributed by atoms with van der Waals surface area (Å²) in [5.74, 6) is 0.673. The Labute approximate surface area is 120 Å². The lowest BCUT2D eigenvalue weighted by Crippen LogP contribution is -2.25. The molecule has 5 nitrogen and oxygen atoms in total. The third-order valence-electron chi connectivity index (χ3n) is 3.07. The number of imidazole rings is 1. The molecule has 0 fully saturated rings. The number of hydrogen-bond donors (Lipinski definition) is 1. The Kier molecular flexibility index (Phi) is 3.00. The monoisotopic (exact) mass is 295 g/mol. The van der Waals surface area contributed by atoms with Crippen molar-refractivity contribution >= 4 is 11.6 Å². The second-order valence-corrected chi connectivity index (χ2v) is 5.16. The van der Waals surface area contributed by atoms with E-state index in [4.69, 9.17) is 0 Å². The molecule has 0 amide bonds. The molecule has 1 N–H and O–H groups in total. The van der Waals surface area contributed by atoms with Gasteiger partial charge in [-0.2, -0.15) is 0 Å². The van der Waals surface area contributed by atoms with Gasteiger partial charge in [-0.25, -0.2) is 4.98 Å². The van der Waals surface area contributed by atoms with E-state index in [1.807, 2.05) is 31.5 Å². The third-order valence-corrected chi connectivity index (χ3v) is 3.07. The highest BCUT2D eigenvalue weighted by Crippen LogP contribution is 2.42. The van der Waals surface area contributed by atoms with E-state index in [0.717, 1.165) is 5.69 Å². The molecule has 112 valence electrons.